The van der Waals surface area contributed by atoms with E-state index >= 15 is 0 Å². The molecule has 210 valence electrons. The molecule has 1 spiro atoms. The summed E-state index contributed by atoms with van der Waals surface area (Å²) < 4.78 is 69.6. The molecule has 2 amide bonds. The summed E-state index contributed by atoms with van der Waals surface area (Å²) in [4.78, 5) is 40.1. The van der Waals surface area contributed by atoms with E-state index in [9.17, 15) is 31.1 Å². The van der Waals surface area contributed by atoms with Crippen LogP contribution in [0.1, 0.15) is 18.4 Å². The van der Waals surface area contributed by atoms with E-state index in [1.54, 1.807) is 19.0 Å². The highest BCUT2D eigenvalue weighted by atomic mass is 19.4. The zero-order valence-corrected chi connectivity index (χ0v) is 20.1. The average molecular weight is 546 g/mol. The molecule has 2 aliphatic rings. The second-order valence-electron chi connectivity index (χ2n) is 8.37. The Balaban J connectivity index is 0.000000404. The van der Waals surface area contributed by atoms with Gasteiger partial charge in [0.05, 0.1) is 12.2 Å². The monoisotopic (exact) mass is 546 g/mol. The molecule has 1 aromatic rings. The fourth-order valence-corrected chi connectivity index (χ4v) is 3.50. The molecular weight excluding hydrogens is 518 g/mol. The minimum Gasteiger partial charge on any atom is -0.475 e. The van der Waals surface area contributed by atoms with Crippen LogP contribution in [-0.2, 0) is 20.9 Å². The first kappa shape index (κ1) is 31.9. The molecule has 2 aliphatic heterocycles. The zero-order valence-electron chi connectivity index (χ0n) is 20.1. The van der Waals surface area contributed by atoms with Gasteiger partial charge in [0.25, 0.3) is 0 Å². The van der Waals surface area contributed by atoms with Crippen LogP contribution in [0, 0.1) is 0 Å². The van der Waals surface area contributed by atoms with Gasteiger partial charge in [0, 0.05) is 59.2 Å². The minimum atomic E-state index is -5.08. The molecular formula is C21H28F6N4O6. The third kappa shape index (κ3) is 11.2. The van der Waals surface area contributed by atoms with Crippen LogP contribution in [0.15, 0.2) is 24.5 Å². The third-order valence-corrected chi connectivity index (χ3v) is 5.27. The Morgan fingerprint density at radius 2 is 1.54 bits per heavy atom. The molecule has 0 bridgehead atoms. The van der Waals surface area contributed by atoms with Crippen molar-refractivity contribution in [1.82, 2.24) is 19.7 Å². The molecule has 3 rings (SSSR count). The lowest BCUT2D eigenvalue weighted by atomic mass is 9.89. The summed E-state index contributed by atoms with van der Waals surface area (Å²) in [6.07, 6.45) is -4.60. The van der Waals surface area contributed by atoms with Crippen molar-refractivity contribution in [3.8, 4) is 0 Å². The number of carbonyl (C=O) groups excluding carboxylic acids is 1. The number of piperidine rings is 1. The molecule has 37 heavy (non-hydrogen) atoms. The van der Waals surface area contributed by atoms with Gasteiger partial charge >= 0.3 is 30.3 Å². The van der Waals surface area contributed by atoms with Crippen molar-refractivity contribution in [2.24, 2.45) is 0 Å². The minimum absolute atomic E-state index is 0.0937. The maximum atomic E-state index is 12.1. The normalized spacial score (nSPS) is 17.6. The Kier molecular flexibility index (Phi) is 11.6. The predicted molar refractivity (Wildman–Crippen MR) is 115 cm³/mol. The number of aliphatic carboxylic acids is 2. The Hall–Kier alpha value is -3.14. The van der Waals surface area contributed by atoms with Gasteiger partial charge in [-0.3, -0.25) is 9.88 Å². The van der Waals surface area contributed by atoms with E-state index in [1.807, 2.05) is 23.4 Å². The summed E-state index contributed by atoms with van der Waals surface area (Å²) >= 11 is 0. The lowest BCUT2D eigenvalue weighted by Gasteiger charge is -2.47. The molecule has 0 atom stereocenters. The van der Waals surface area contributed by atoms with Crippen molar-refractivity contribution in [3.63, 3.8) is 0 Å². The van der Waals surface area contributed by atoms with Crippen LogP contribution in [0.3, 0.4) is 0 Å². The van der Waals surface area contributed by atoms with Gasteiger partial charge in [-0.15, -0.1) is 0 Å². The van der Waals surface area contributed by atoms with E-state index in [1.165, 1.54) is 5.56 Å². The lowest BCUT2D eigenvalue weighted by Crippen LogP contribution is -2.58. The van der Waals surface area contributed by atoms with E-state index in [0.29, 0.717) is 0 Å². The number of hydrogen-bond donors (Lipinski definition) is 2. The number of likely N-dealkylation sites (tertiary alicyclic amines) is 1. The number of morpholine rings is 1. The van der Waals surface area contributed by atoms with Gasteiger partial charge in [0.2, 0.25) is 0 Å². The molecule has 1 aromatic heterocycles. The number of rotatable bonds is 2. The van der Waals surface area contributed by atoms with Crippen molar-refractivity contribution in [2.45, 2.75) is 37.3 Å². The number of pyridine rings is 1. The van der Waals surface area contributed by atoms with Gasteiger partial charge < -0.3 is 24.7 Å². The predicted octanol–water partition coefficient (Wildman–Crippen LogP) is 2.70. The molecule has 0 unspecified atom stereocenters. The van der Waals surface area contributed by atoms with Gasteiger partial charge in [-0.2, -0.15) is 26.3 Å². The van der Waals surface area contributed by atoms with Crippen LogP contribution in [0.4, 0.5) is 31.1 Å². The topological polar surface area (TPSA) is 124 Å². The first-order valence-corrected chi connectivity index (χ1v) is 10.8. The number of carbonyl (C=O) groups is 3. The first-order valence-electron chi connectivity index (χ1n) is 10.8. The first-order chi connectivity index (χ1) is 17.0. The van der Waals surface area contributed by atoms with Crippen LogP contribution < -0.4 is 0 Å². The van der Waals surface area contributed by atoms with E-state index in [4.69, 9.17) is 24.5 Å². The number of hydrogen-bond acceptors (Lipinski definition) is 6. The van der Waals surface area contributed by atoms with Crippen LogP contribution in [-0.4, -0.2) is 113 Å². The summed E-state index contributed by atoms with van der Waals surface area (Å²) in [6, 6.07) is 4.20. The van der Waals surface area contributed by atoms with E-state index in [0.717, 1.165) is 52.2 Å². The van der Waals surface area contributed by atoms with Crippen LogP contribution in [0.25, 0.3) is 0 Å². The number of carboxylic acid groups (broad SMARTS) is 2. The van der Waals surface area contributed by atoms with E-state index in [-0.39, 0.29) is 11.6 Å². The fourth-order valence-electron chi connectivity index (χ4n) is 3.50. The van der Waals surface area contributed by atoms with Crippen LogP contribution in [0.2, 0.25) is 0 Å². The number of amides is 2. The van der Waals surface area contributed by atoms with E-state index in [2.05, 4.69) is 16.0 Å². The highest BCUT2D eigenvalue weighted by Gasteiger charge is 2.41. The van der Waals surface area contributed by atoms with Gasteiger partial charge in [0.1, 0.15) is 0 Å². The molecule has 0 radical (unpaired) electrons. The fraction of sp³-hybridized carbons (Fsp3) is 0.619. The third-order valence-electron chi connectivity index (χ3n) is 5.27. The number of urea groups is 1. The molecule has 16 heteroatoms. The maximum absolute atomic E-state index is 12.1. The molecule has 3 heterocycles. The van der Waals surface area contributed by atoms with Crippen LogP contribution in [0.5, 0.6) is 0 Å². The van der Waals surface area contributed by atoms with Crippen molar-refractivity contribution < 1.29 is 55.7 Å². The Labute approximate surface area is 208 Å². The van der Waals surface area contributed by atoms with Crippen LogP contribution >= 0.6 is 0 Å². The quantitative estimate of drug-likeness (QED) is 0.543. The van der Waals surface area contributed by atoms with Crippen molar-refractivity contribution in [3.05, 3.63) is 30.1 Å². The number of nitrogens with zero attached hydrogens (tertiary/aromatic N) is 4. The maximum Gasteiger partial charge on any atom is 0.490 e. The Bertz CT molecular complexity index is 866. The van der Waals surface area contributed by atoms with Gasteiger partial charge in [-0.05, 0) is 24.5 Å². The highest BCUT2D eigenvalue weighted by Crippen LogP contribution is 2.31. The summed E-state index contributed by atoms with van der Waals surface area (Å²) in [6.45, 7) is 5.12. The standard InChI is InChI=1S/C17H26N4O2.2C2HF3O2/c1-19(2)16(22)21-8-5-17(6-9-21)14-20(10-11-23-17)13-15-4-3-7-18-12-15;2*3-2(4,5)1(6)7/h3-4,7,12H,5-6,8-11,13-14H2,1-2H3;2*(H,6,7). The van der Waals surface area contributed by atoms with Crippen molar-refractivity contribution in [2.75, 3.05) is 46.9 Å². The van der Waals surface area contributed by atoms with Crippen molar-refractivity contribution >= 4 is 18.0 Å². The Morgan fingerprint density at radius 1 is 1.03 bits per heavy atom. The summed E-state index contributed by atoms with van der Waals surface area (Å²) in [5, 5.41) is 14.2. The zero-order chi connectivity index (χ0) is 28.4. The lowest BCUT2D eigenvalue weighted by molar-refractivity contribution is -0.193. The number of halogens is 6. The average Bonchev–Trinajstić information content (AvgIpc) is 2.79. The largest absolute Gasteiger partial charge is 0.490 e. The number of carboxylic acids is 2. The highest BCUT2D eigenvalue weighted by molar-refractivity contribution is 5.74. The smallest absolute Gasteiger partial charge is 0.475 e. The number of aromatic nitrogens is 1. The Morgan fingerprint density at radius 3 is 1.95 bits per heavy atom. The second kappa shape index (κ2) is 13.4. The summed E-state index contributed by atoms with van der Waals surface area (Å²) in [5.74, 6) is -5.51. The summed E-state index contributed by atoms with van der Waals surface area (Å²) in [5.41, 5.74) is 1.15. The molecule has 2 N–H and O–H groups in total. The van der Waals surface area contributed by atoms with Gasteiger partial charge in [-0.1, -0.05) is 6.07 Å². The molecule has 0 aliphatic carbocycles. The molecule has 2 fully saturated rings. The molecule has 10 nitrogen and oxygen atoms in total. The van der Waals surface area contributed by atoms with Crippen molar-refractivity contribution in [1.29, 1.82) is 0 Å². The van der Waals surface area contributed by atoms with Gasteiger partial charge in [-0.25, -0.2) is 14.4 Å². The molecule has 0 aromatic carbocycles. The van der Waals surface area contributed by atoms with E-state index < -0.39 is 24.3 Å². The number of alkyl halides is 6. The summed E-state index contributed by atoms with van der Waals surface area (Å²) in [7, 11) is 3.61. The second-order valence-corrected chi connectivity index (χ2v) is 8.37. The van der Waals surface area contributed by atoms with Gasteiger partial charge in [0.15, 0.2) is 0 Å². The molecule has 2 saturated heterocycles. The molecule has 0 saturated carbocycles. The SMILES string of the molecule is CN(C)C(=O)N1CCC2(CC1)CN(Cc1cccnc1)CCO2.O=C(O)C(F)(F)F.O=C(O)C(F)(F)F. The number of ether oxygens (including phenoxy) is 1.